The van der Waals surface area contributed by atoms with Crippen LogP contribution in [0.4, 0.5) is 5.69 Å². The first-order valence-corrected chi connectivity index (χ1v) is 10.7. The molecule has 1 atom stereocenters. The summed E-state index contributed by atoms with van der Waals surface area (Å²) in [6, 6.07) is 8.02. The van der Waals surface area contributed by atoms with Gasteiger partial charge in [-0.15, -0.1) is 0 Å². The zero-order valence-electron chi connectivity index (χ0n) is 18.1. The van der Waals surface area contributed by atoms with Crippen LogP contribution in [-0.2, 0) is 9.59 Å². The van der Waals surface area contributed by atoms with Crippen molar-refractivity contribution in [1.82, 2.24) is 6.15 Å². The average molecular weight is 393 g/mol. The van der Waals surface area contributed by atoms with Crippen molar-refractivity contribution in [2.45, 2.75) is 96.9 Å². The molecule has 0 aliphatic heterocycles. The minimum absolute atomic E-state index is 0. The molecule has 0 unspecified atom stereocenters. The van der Waals surface area contributed by atoms with Crippen LogP contribution in [0.25, 0.3) is 0 Å². The number of benzene rings is 1. The Bertz CT molecular complexity index is 534. The van der Waals surface area contributed by atoms with E-state index in [2.05, 4.69) is 6.92 Å². The van der Waals surface area contributed by atoms with Crippen LogP contribution in [0, 0.1) is 0 Å². The van der Waals surface area contributed by atoms with Gasteiger partial charge in [0.25, 0.3) is 0 Å². The number of anilines is 1. The predicted molar refractivity (Wildman–Crippen MR) is 115 cm³/mol. The SMILES string of the molecule is CCCCCCCCCCCCCC(=O)N(c1ccccc1)[C@H](C)C(=O)[O-].[NH4+]. The molecule has 1 rings (SSSR count). The predicted octanol–water partition coefficient (Wildman–Crippen LogP) is 5.24. The van der Waals surface area contributed by atoms with E-state index in [4.69, 9.17) is 0 Å². The molecule has 0 aliphatic carbocycles. The summed E-state index contributed by atoms with van der Waals surface area (Å²) < 4.78 is 0. The minimum Gasteiger partial charge on any atom is -0.548 e. The number of para-hydroxylation sites is 1. The first-order valence-electron chi connectivity index (χ1n) is 10.7. The van der Waals surface area contributed by atoms with Gasteiger partial charge in [0.15, 0.2) is 0 Å². The highest BCUT2D eigenvalue weighted by Gasteiger charge is 2.22. The van der Waals surface area contributed by atoms with Crippen LogP contribution in [-0.4, -0.2) is 17.9 Å². The Hall–Kier alpha value is -1.88. The topological polar surface area (TPSA) is 96.9 Å². The van der Waals surface area contributed by atoms with Gasteiger partial charge < -0.3 is 21.0 Å². The summed E-state index contributed by atoms with van der Waals surface area (Å²) in [6.45, 7) is 3.74. The molecule has 0 fully saturated rings. The van der Waals surface area contributed by atoms with Gasteiger partial charge in [0.2, 0.25) is 5.91 Å². The van der Waals surface area contributed by atoms with Gasteiger partial charge >= 0.3 is 0 Å². The van der Waals surface area contributed by atoms with E-state index in [0.29, 0.717) is 12.1 Å². The summed E-state index contributed by atoms with van der Waals surface area (Å²) in [5.41, 5.74) is 0.613. The monoisotopic (exact) mass is 392 g/mol. The number of hydrogen-bond donors (Lipinski definition) is 1. The fourth-order valence-corrected chi connectivity index (χ4v) is 3.34. The minimum atomic E-state index is -1.23. The maximum atomic E-state index is 12.6. The van der Waals surface area contributed by atoms with Crippen molar-refractivity contribution in [3.63, 3.8) is 0 Å². The zero-order chi connectivity index (χ0) is 19.9. The van der Waals surface area contributed by atoms with E-state index in [9.17, 15) is 14.7 Å². The van der Waals surface area contributed by atoms with Crippen LogP contribution >= 0.6 is 0 Å². The number of rotatable bonds is 15. The first kappa shape index (κ1) is 26.1. The largest absolute Gasteiger partial charge is 0.548 e. The van der Waals surface area contributed by atoms with Crippen molar-refractivity contribution in [3.05, 3.63) is 30.3 Å². The lowest BCUT2D eigenvalue weighted by Gasteiger charge is -2.30. The summed E-state index contributed by atoms with van der Waals surface area (Å²) in [5.74, 6) is -1.38. The van der Waals surface area contributed by atoms with Gasteiger partial charge in [-0.3, -0.25) is 4.79 Å². The number of carboxylic acids is 1. The Balaban J connectivity index is 0.00000729. The molecule has 5 nitrogen and oxygen atoms in total. The van der Waals surface area contributed by atoms with Crippen molar-refractivity contribution in [2.24, 2.45) is 0 Å². The summed E-state index contributed by atoms with van der Waals surface area (Å²) in [4.78, 5) is 25.2. The lowest BCUT2D eigenvalue weighted by atomic mass is 10.0. The molecule has 4 N–H and O–H groups in total. The third-order valence-corrected chi connectivity index (χ3v) is 5.03. The number of quaternary nitrogens is 1. The van der Waals surface area contributed by atoms with E-state index < -0.39 is 12.0 Å². The number of carbonyl (C=O) groups is 2. The molecule has 0 saturated heterocycles. The lowest BCUT2D eigenvalue weighted by molar-refractivity contribution is -0.307. The molecular weight excluding hydrogens is 352 g/mol. The average Bonchev–Trinajstić information content (AvgIpc) is 2.67. The second kappa shape index (κ2) is 16.1. The Kier molecular flexibility index (Phi) is 15.0. The highest BCUT2D eigenvalue weighted by atomic mass is 16.4. The number of amides is 1. The molecule has 5 heteroatoms. The molecule has 1 aromatic rings. The zero-order valence-corrected chi connectivity index (χ0v) is 18.1. The van der Waals surface area contributed by atoms with Gasteiger partial charge in [-0.1, -0.05) is 89.3 Å². The van der Waals surface area contributed by atoms with Crippen LogP contribution < -0.4 is 16.2 Å². The van der Waals surface area contributed by atoms with Crippen LogP contribution in [0.1, 0.15) is 90.9 Å². The second-order valence-corrected chi connectivity index (χ2v) is 7.38. The number of nitrogens with zero attached hydrogens (tertiary/aromatic N) is 1. The molecule has 1 amide bonds. The molecule has 0 spiro atoms. The van der Waals surface area contributed by atoms with E-state index in [1.54, 1.807) is 24.3 Å². The molecule has 0 aliphatic rings. The van der Waals surface area contributed by atoms with Gasteiger partial charge in [-0.2, -0.15) is 0 Å². The van der Waals surface area contributed by atoms with Crippen molar-refractivity contribution in [2.75, 3.05) is 4.90 Å². The van der Waals surface area contributed by atoms with Gasteiger partial charge in [-0.25, -0.2) is 0 Å². The van der Waals surface area contributed by atoms with Crippen molar-refractivity contribution < 1.29 is 14.7 Å². The number of carbonyl (C=O) groups excluding carboxylic acids is 2. The van der Waals surface area contributed by atoms with E-state index in [1.807, 2.05) is 6.07 Å². The molecule has 1 aromatic carbocycles. The molecule has 28 heavy (non-hydrogen) atoms. The lowest BCUT2D eigenvalue weighted by Crippen LogP contribution is -2.49. The van der Waals surface area contributed by atoms with Gasteiger partial charge in [0.1, 0.15) is 0 Å². The van der Waals surface area contributed by atoms with E-state index in [1.165, 1.54) is 63.2 Å². The standard InChI is InChI=1S/C23H37NO3.H3N/c1-3-4-5-6-7-8-9-10-11-12-16-19-22(25)24(20(2)23(26)27)21-17-14-13-15-18-21;/h13-15,17-18,20H,3-12,16,19H2,1-2H3,(H,26,27);1H3/t20-;/m1./s1. The summed E-state index contributed by atoms with van der Waals surface area (Å²) in [5, 5.41) is 11.3. The maximum Gasteiger partial charge on any atom is 0.227 e. The molecular formula is C23H40N2O3. The van der Waals surface area contributed by atoms with Crippen molar-refractivity contribution in [3.8, 4) is 0 Å². The van der Waals surface area contributed by atoms with Crippen LogP contribution in [0.2, 0.25) is 0 Å². The van der Waals surface area contributed by atoms with Crippen LogP contribution in [0.15, 0.2) is 30.3 Å². The van der Waals surface area contributed by atoms with E-state index in [0.717, 1.165) is 19.3 Å². The molecule has 0 radical (unpaired) electrons. The number of aliphatic carboxylic acids is 1. The molecule has 160 valence electrons. The van der Waals surface area contributed by atoms with Crippen LogP contribution in [0.5, 0.6) is 0 Å². The maximum absolute atomic E-state index is 12.6. The van der Waals surface area contributed by atoms with Gasteiger partial charge in [0.05, 0.1) is 12.0 Å². The Morgan fingerprint density at radius 1 is 0.857 bits per heavy atom. The smallest absolute Gasteiger partial charge is 0.227 e. The fourth-order valence-electron chi connectivity index (χ4n) is 3.34. The summed E-state index contributed by atoms with van der Waals surface area (Å²) >= 11 is 0. The fraction of sp³-hybridized carbons (Fsp3) is 0.652. The molecule has 0 bridgehead atoms. The quantitative estimate of drug-likeness (QED) is 0.413. The van der Waals surface area contributed by atoms with E-state index in [-0.39, 0.29) is 12.1 Å². The molecule has 0 aromatic heterocycles. The third kappa shape index (κ3) is 10.5. The summed E-state index contributed by atoms with van der Waals surface area (Å²) in [7, 11) is 0. The molecule has 0 saturated carbocycles. The summed E-state index contributed by atoms with van der Waals surface area (Å²) in [6.07, 6.45) is 13.9. The van der Waals surface area contributed by atoms with Crippen molar-refractivity contribution in [1.29, 1.82) is 0 Å². The Labute approximate surface area is 171 Å². The van der Waals surface area contributed by atoms with Crippen molar-refractivity contribution >= 4 is 17.6 Å². The molecule has 0 heterocycles. The Morgan fingerprint density at radius 3 is 1.79 bits per heavy atom. The second-order valence-electron chi connectivity index (χ2n) is 7.38. The van der Waals surface area contributed by atoms with Gasteiger partial charge in [-0.05, 0) is 25.5 Å². The third-order valence-electron chi connectivity index (χ3n) is 5.03. The number of carboxylic acid groups (broad SMARTS) is 1. The highest BCUT2D eigenvalue weighted by molar-refractivity contribution is 5.98. The number of unbranched alkanes of at least 4 members (excludes halogenated alkanes) is 10. The number of hydrogen-bond acceptors (Lipinski definition) is 3. The van der Waals surface area contributed by atoms with E-state index >= 15 is 0 Å². The highest BCUT2D eigenvalue weighted by Crippen LogP contribution is 2.19. The normalized spacial score (nSPS) is 11.5. The van der Waals surface area contributed by atoms with Gasteiger partial charge in [0, 0.05) is 12.1 Å². The first-order chi connectivity index (χ1) is 13.1. The Morgan fingerprint density at radius 2 is 1.32 bits per heavy atom. The van der Waals surface area contributed by atoms with Crippen LogP contribution in [0.3, 0.4) is 0 Å².